The standard InChI is InChI=1S/C26H22ClN3O5/c1-3-34-24(32)21-22(28)35-19-12-14(2)29-23(31)20(19)26(21)17-6-4-5-7-18(17)30(25(26)33)13-15-8-10-16(27)11-9-15/h4-12H,3,13,28H2,1-2H3,(H,29,31)/t26-/m1/s1. The van der Waals surface area contributed by atoms with Crippen molar-refractivity contribution in [2.75, 3.05) is 11.5 Å². The smallest absolute Gasteiger partial charge is 0.341 e. The van der Waals surface area contributed by atoms with Gasteiger partial charge < -0.3 is 25.1 Å². The molecule has 1 amide bonds. The van der Waals surface area contributed by atoms with Crippen molar-refractivity contribution in [1.29, 1.82) is 0 Å². The van der Waals surface area contributed by atoms with Crippen molar-refractivity contribution in [2.45, 2.75) is 25.8 Å². The zero-order valence-electron chi connectivity index (χ0n) is 19.1. The summed E-state index contributed by atoms with van der Waals surface area (Å²) in [5, 5.41) is 0.568. The number of benzene rings is 2. The van der Waals surface area contributed by atoms with Crippen molar-refractivity contribution < 1.29 is 19.1 Å². The van der Waals surface area contributed by atoms with E-state index in [2.05, 4.69) is 4.98 Å². The molecule has 3 heterocycles. The first-order valence-corrected chi connectivity index (χ1v) is 11.4. The number of carbonyl (C=O) groups excluding carboxylic acids is 2. The van der Waals surface area contributed by atoms with Crippen LogP contribution >= 0.6 is 11.6 Å². The fraction of sp³-hybridized carbons (Fsp3) is 0.192. The van der Waals surface area contributed by atoms with Gasteiger partial charge in [-0.1, -0.05) is 41.9 Å². The highest BCUT2D eigenvalue weighted by molar-refractivity contribution is 6.30. The Morgan fingerprint density at radius 2 is 1.89 bits per heavy atom. The van der Waals surface area contributed by atoms with E-state index in [4.69, 9.17) is 26.8 Å². The average Bonchev–Trinajstić information content (AvgIpc) is 3.03. The highest BCUT2D eigenvalue weighted by atomic mass is 35.5. The third-order valence-electron chi connectivity index (χ3n) is 6.25. The van der Waals surface area contributed by atoms with Gasteiger partial charge in [0.1, 0.15) is 16.7 Å². The van der Waals surface area contributed by atoms with Crippen molar-refractivity contribution in [1.82, 2.24) is 4.98 Å². The van der Waals surface area contributed by atoms with Gasteiger partial charge in [-0.05, 0) is 37.6 Å². The van der Waals surface area contributed by atoms with Crippen LogP contribution in [0.5, 0.6) is 5.75 Å². The van der Waals surface area contributed by atoms with Crippen LogP contribution in [0.25, 0.3) is 0 Å². The van der Waals surface area contributed by atoms with E-state index >= 15 is 0 Å². The lowest BCUT2D eigenvalue weighted by Crippen LogP contribution is -2.51. The summed E-state index contributed by atoms with van der Waals surface area (Å²) in [4.78, 5) is 45.4. The van der Waals surface area contributed by atoms with Gasteiger partial charge in [-0.15, -0.1) is 0 Å². The lowest BCUT2D eigenvalue weighted by Gasteiger charge is -2.35. The number of aryl methyl sites for hydroxylation is 1. The number of nitrogens with one attached hydrogen (secondary N) is 1. The van der Waals surface area contributed by atoms with E-state index in [-0.39, 0.29) is 35.9 Å². The fourth-order valence-corrected chi connectivity index (χ4v) is 5.02. The van der Waals surface area contributed by atoms with Crippen molar-refractivity contribution in [3.63, 3.8) is 0 Å². The zero-order valence-corrected chi connectivity index (χ0v) is 19.8. The van der Waals surface area contributed by atoms with E-state index in [9.17, 15) is 14.4 Å². The number of halogens is 1. The predicted octanol–water partition coefficient (Wildman–Crippen LogP) is 3.30. The van der Waals surface area contributed by atoms with E-state index in [0.717, 1.165) is 5.56 Å². The molecule has 0 unspecified atom stereocenters. The molecule has 0 saturated carbocycles. The molecule has 3 N–H and O–H groups in total. The Labute approximate surface area is 205 Å². The summed E-state index contributed by atoms with van der Waals surface area (Å²) in [6, 6.07) is 15.7. The monoisotopic (exact) mass is 491 g/mol. The molecule has 9 heteroatoms. The molecule has 0 fully saturated rings. The van der Waals surface area contributed by atoms with Crippen LogP contribution in [0.1, 0.15) is 29.3 Å². The first-order chi connectivity index (χ1) is 16.8. The lowest BCUT2D eigenvalue weighted by atomic mass is 9.68. The summed E-state index contributed by atoms with van der Waals surface area (Å²) in [6.07, 6.45) is 0. The lowest BCUT2D eigenvalue weighted by molar-refractivity contribution is -0.140. The molecule has 0 aliphatic carbocycles. The first-order valence-electron chi connectivity index (χ1n) is 11.0. The number of hydrogen-bond donors (Lipinski definition) is 2. The van der Waals surface area contributed by atoms with Gasteiger partial charge in [0.25, 0.3) is 5.56 Å². The summed E-state index contributed by atoms with van der Waals surface area (Å²) in [7, 11) is 0. The number of aromatic nitrogens is 1. The van der Waals surface area contributed by atoms with Gasteiger partial charge in [0, 0.05) is 28.0 Å². The maximum atomic E-state index is 14.5. The number of amides is 1. The normalized spacial score (nSPS) is 18.4. The average molecular weight is 492 g/mol. The van der Waals surface area contributed by atoms with Crippen molar-refractivity contribution in [2.24, 2.45) is 5.73 Å². The van der Waals surface area contributed by atoms with Crippen LogP contribution in [0.4, 0.5) is 5.69 Å². The van der Waals surface area contributed by atoms with E-state index in [0.29, 0.717) is 22.0 Å². The highest BCUT2D eigenvalue weighted by Crippen LogP contribution is 2.54. The molecule has 2 aliphatic heterocycles. The molecule has 5 rings (SSSR count). The Bertz CT molecular complexity index is 1460. The molecule has 0 radical (unpaired) electrons. The highest BCUT2D eigenvalue weighted by Gasteiger charge is 2.62. The number of rotatable bonds is 4. The quantitative estimate of drug-likeness (QED) is 0.541. The van der Waals surface area contributed by atoms with Crippen LogP contribution in [0.3, 0.4) is 0 Å². The molecule has 1 atom stereocenters. The molecule has 0 bridgehead atoms. The number of hydrogen-bond acceptors (Lipinski definition) is 6. The molecular weight excluding hydrogens is 470 g/mol. The fourth-order valence-electron chi connectivity index (χ4n) is 4.90. The molecule has 1 spiro atoms. The number of esters is 1. The molecule has 2 aromatic carbocycles. The van der Waals surface area contributed by atoms with E-state index in [1.54, 1.807) is 61.2 Å². The Morgan fingerprint density at radius 3 is 2.60 bits per heavy atom. The van der Waals surface area contributed by atoms with Crippen LogP contribution in [0.15, 0.2) is 70.8 Å². The number of aromatic amines is 1. The summed E-state index contributed by atoms with van der Waals surface area (Å²) < 4.78 is 11.0. The molecule has 3 aromatic rings. The van der Waals surface area contributed by atoms with Gasteiger partial charge in [0.05, 0.1) is 18.7 Å². The number of pyridine rings is 1. The van der Waals surface area contributed by atoms with Crippen LogP contribution in [0, 0.1) is 6.92 Å². The first kappa shape index (κ1) is 22.7. The Kier molecular flexibility index (Phi) is 5.40. The molecule has 35 heavy (non-hydrogen) atoms. The van der Waals surface area contributed by atoms with Crippen LogP contribution < -0.4 is 20.9 Å². The zero-order chi connectivity index (χ0) is 24.9. The topological polar surface area (TPSA) is 115 Å². The third kappa shape index (κ3) is 3.32. The van der Waals surface area contributed by atoms with Crippen LogP contribution in [0.2, 0.25) is 5.02 Å². The van der Waals surface area contributed by atoms with Crippen molar-refractivity contribution >= 4 is 29.2 Å². The minimum absolute atomic E-state index is 0.00332. The number of para-hydroxylation sites is 1. The van der Waals surface area contributed by atoms with Gasteiger partial charge >= 0.3 is 5.97 Å². The number of nitrogens with zero attached hydrogens (tertiary/aromatic N) is 1. The van der Waals surface area contributed by atoms with Gasteiger partial charge in [-0.3, -0.25) is 9.59 Å². The summed E-state index contributed by atoms with van der Waals surface area (Å²) in [5.41, 5.74) is 6.00. The molecule has 178 valence electrons. The summed E-state index contributed by atoms with van der Waals surface area (Å²) >= 11 is 6.04. The number of anilines is 1. The third-order valence-corrected chi connectivity index (χ3v) is 6.50. The van der Waals surface area contributed by atoms with Crippen molar-refractivity contribution in [3.05, 3.63) is 104 Å². The molecular formula is C26H22ClN3O5. The predicted molar refractivity (Wildman–Crippen MR) is 130 cm³/mol. The number of nitrogens with two attached hydrogens (primary N) is 1. The van der Waals surface area contributed by atoms with E-state index in [1.165, 1.54) is 0 Å². The Balaban J connectivity index is 1.82. The molecule has 0 saturated heterocycles. The number of carbonyl (C=O) groups is 2. The Hall–Kier alpha value is -4.04. The van der Waals surface area contributed by atoms with Gasteiger partial charge in [-0.2, -0.15) is 0 Å². The second-order valence-corrected chi connectivity index (χ2v) is 8.80. The maximum absolute atomic E-state index is 14.5. The van der Waals surface area contributed by atoms with E-state index in [1.807, 2.05) is 12.1 Å². The molecule has 2 aliphatic rings. The summed E-state index contributed by atoms with van der Waals surface area (Å²) in [5.74, 6) is -1.49. The largest absolute Gasteiger partial charge is 0.462 e. The number of H-pyrrole nitrogens is 1. The SMILES string of the molecule is CCOC(=O)C1=C(N)Oc2cc(C)[nH]c(=O)c2[C@@]12C(=O)N(Cc1ccc(Cl)cc1)c1ccccc12. The van der Waals surface area contributed by atoms with Crippen molar-refractivity contribution in [3.8, 4) is 5.75 Å². The van der Waals surface area contributed by atoms with Crippen LogP contribution in [-0.4, -0.2) is 23.5 Å². The Morgan fingerprint density at radius 1 is 1.17 bits per heavy atom. The minimum atomic E-state index is -1.84. The number of ether oxygens (including phenoxy) is 2. The summed E-state index contributed by atoms with van der Waals surface area (Å²) in [6.45, 7) is 3.57. The maximum Gasteiger partial charge on any atom is 0.341 e. The second kappa shape index (κ2) is 8.32. The molecule has 1 aromatic heterocycles. The second-order valence-electron chi connectivity index (χ2n) is 8.37. The van der Waals surface area contributed by atoms with Gasteiger partial charge in [0.15, 0.2) is 0 Å². The van der Waals surface area contributed by atoms with Crippen LogP contribution in [-0.2, 0) is 26.3 Å². The van der Waals surface area contributed by atoms with Gasteiger partial charge in [0.2, 0.25) is 11.8 Å². The minimum Gasteiger partial charge on any atom is -0.462 e. The number of fused-ring (bicyclic) bond motifs is 4. The molecule has 8 nitrogen and oxygen atoms in total. The van der Waals surface area contributed by atoms with E-state index < -0.39 is 22.9 Å². The van der Waals surface area contributed by atoms with Gasteiger partial charge in [-0.25, -0.2) is 4.79 Å².